The Morgan fingerprint density at radius 3 is 2.62 bits per heavy atom. The van der Waals surface area contributed by atoms with Crippen molar-refractivity contribution in [3.8, 4) is 5.69 Å². The number of carbonyl (C=O) groups is 1. The van der Waals surface area contributed by atoms with Crippen molar-refractivity contribution in [3.63, 3.8) is 0 Å². The van der Waals surface area contributed by atoms with Crippen molar-refractivity contribution >= 4 is 22.6 Å². The average molecular weight is 388 g/mol. The topological polar surface area (TPSA) is 94.7 Å². The SMILES string of the molecule is Cc1ccc(-n2ncc3c(=O)n(CCC(=O)Nc4cccnc4)c(C)nc32)cc1. The number of fused-ring (bicyclic) bond motifs is 1. The van der Waals surface area contributed by atoms with Crippen LogP contribution in [0.5, 0.6) is 0 Å². The van der Waals surface area contributed by atoms with Crippen molar-refractivity contribution in [2.24, 2.45) is 0 Å². The van der Waals surface area contributed by atoms with Crippen molar-refractivity contribution < 1.29 is 4.79 Å². The zero-order valence-corrected chi connectivity index (χ0v) is 16.2. The first-order valence-electron chi connectivity index (χ1n) is 9.25. The molecule has 0 bridgehead atoms. The zero-order chi connectivity index (χ0) is 20.4. The number of hydrogen-bond acceptors (Lipinski definition) is 5. The molecule has 3 heterocycles. The number of carbonyl (C=O) groups excluding carboxylic acids is 1. The number of benzene rings is 1. The molecule has 1 N–H and O–H groups in total. The molecule has 1 aromatic carbocycles. The van der Waals surface area contributed by atoms with Gasteiger partial charge < -0.3 is 5.32 Å². The quantitative estimate of drug-likeness (QED) is 0.567. The van der Waals surface area contributed by atoms with E-state index in [4.69, 9.17) is 0 Å². The summed E-state index contributed by atoms with van der Waals surface area (Å²) in [6, 6.07) is 11.3. The maximum Gasteiger partial charge on any atom is 0.264 e. The van der Waals surface area contributed by atoms with Crippen molar-refractivity contribution in [1.29, 1.82) is 0 Å². The summed E-state index contributed by atoms with van der Waals surface area (Å²) in [5.41, 5.74) is 2.90. The Morgan fingerprint density at radius 1 is 1.10 bits per heavy atom. The first kappa shape index (κ1) is 18.5. The van der Waals surface area contributed by atoms with Gasteiger partial charge in [0.25, 0.3) is 5.56 Å². The molecule has 0 aliphatic heterocycles. The third-order valence-corrected chi connectivity index (χ3v) is 4.66. The second kappa shape index (κ2) is 7.67. The zero-order valence-electron chi connectivity index (χ0n) is 16.2. The highest BCUT2D eigenvalue weighted by Crippen LogP contribution is 2.15. The lowest BCUT2D eigenvalue weighted by molar-refractivity contribution is -0.116. The number of nitrogens with one attached hydrogen (secondary N) is 1. The molecule has 0 fully saturated rings. The van der Waals surface area contributed by atoms with E-state index in [2.05, 4.69) is 20.4 Å². The molecule has 29 heavy (non-hydrogen) atoms. The van der Waals surface area contributed by atoms with Gasteiger partial charge >= 0.3 is 0 Å². The minimum atomic E-state index is -0.208. The standard InChI is InChI=1S/C21H20N6O2/c1-14-5-7-17(8-6-14)27-20-18(13-23-27)21(29)26(15(2)24-20)11-9-19(28)25-16-4-3-10-22-12-16/h3-8,10,12-13H,9,11H2,1-2H3,(H,25,28). The minimum Gasteiger partial charge on any atom is -0.325 e. The third kappa shape index (κ3) is 3.77. The lowest BCUT2D eigenvalue weighted by atomic mass is 10.2. The van der Waals surface area contributed by atoms with Gasteiger partial charge in [0.1, 0.15) is 11.2 Å². The molecule has 0 spiro atoms. The predicted molar refractivity (Wildman–Crippen MR) is 110 cm³/mol. The highest BCUT2D eigenvalue weighted by Gasteiger charge is 2.15. The summed E-state index contributed by atoms with van der Waals surface area (Å²) >= 11 is 0. The molecule has 4 rings (SSSR count). The Kier molecular flexibility index (Phi) is 4.90. The van der Waals surface area contributed by atoms with E-state index >= 15 is 0 Å². The fourth-order valence-electron chi connectivity index (χ4n) is 3.12. The summed E-state index contributed by atoms with van der Waals surface area (Å²) in [5, 5.41) is 7.53. The molecule has 0 unspecified atom stereocenters. The predicted octanol–water partition coefficient (Wildman–Crippen LogP) is 2.62. The lowest BCUT2D eigenvalue weighted by Crippen LogP contribution is -2.26. The molecule has 0 atom stereocenters. The van der Waals surface area contributed by atoms with Gasteiger partial charge in [0, 0.05) is 19.2 Å². The first-order chi connectivity index (χ1) is 14.0. The molecule has 0 aliphatic carbocycles. The second-order valence-corrected chi connectivity index (χ2v) is 6.78. The van der Waals surface area contributed by atoms with Crippen LogP contribution in [0.4, 0.5) is 5.69 Å². The summed E-state index contributed by atoms with van der Waals surface area (Å²) < 4.78 is 3.16. The fraction of sp³-hybridized carbons (Fsp3) is 0.190. The molecule has 8 heteroatoms. The molecule has 1 amide bonds. The Hall–Kier alpha value is -3.81. The van der Waals surface area contributed by atoms with Crippen molar-refractivity contribution in [2.45, 2.75) is 26.8 Å². The summed E-state index contributed by atoms with van der Waals surface area (Å²) in [4.78, 5) is 33.7. The highest BCUT2D eigenvalue weighted by molar-refractivity contribution is 5.90. The smallest absolute Gasteiger partial charge is 0.264 e. The maximum atomic E-state index is 12.9. The molecule has 3 aromatic heterocycles. The van der Waals surface area contributed by atoms with Crippen LogP contribution in [0.1, 0.15) is 17.8 Å². The lowest BCUT2D eigenvalue weighted by Gasteiger charge is -2.10. The van der Waals surface area contributed by atoms with Crippen LogP contribution in [0.15, 0.2) is 59.8 Å². The second-order valence-electron chi connectivity index (χ2n) is 6.78. The number of amides is 1. The Labute approximate surface area is 166 Å². The summed E-state index contributed by atoms with van der Waals surface area (Å²) in [6.07, 6.45) is 4.88. The molecule has 0 saturated heterocycles. The van der Waals surface area contributed by atoms with E-state index in [9.17, 15) is 9.59 Å². The van der Waals surface area contributed by atoms with Gasteiger partial charge in [-0.2, -0.15) is 5.10 Å². The van der Waals surface area contributed by atoms with E-state index < -0.39 is 0 Å². The number of rotatable bonds is 5. The minimum absolute atomic E-state index is 0.148. The number of anilines is 1. The third-order valence-electron chi connectivity index (χ3n) is 4.66. The Morgan fingerprint density at radius 2 is 1.90 bits per heavy atom. The molecular weight excluding hydrogens is 368 g/mol. The number of aryl methyl sites for hydroxylation is 2. The fourth-order valence-corrected chi connectivity index (χ4v) is 3.12. The number of hydrogen-bond donors (Lipinski definition) is 1. The molecular formula is C21H20N6O2. The normalized spacial score (nSPS) is 11.0. The van der Waals surface area contributed by atoms with Crippen LogP contribution in [0, 0.1) is 13.8 Å². The van der Waals surface area contributed by atoms with E-state index in [0.717, 1.165) is 11.3 Å². The van der Waals surface area contributed by atoms with E-state index in [1.54, 1.807) is 36.1 Å². The van der Waals surface area contributed by atoms with Crippen molar-refractivity contribution in [1.82, 2.24) is 24.3 Å². The average Bonchev–Trinajstić information content (AvgIpc) is 3.13. The monoisotopic (exact) mass is 388 g/mol. The maximum absolute atomic E-state index is 12.9. The van der Waals surface area contributed by atoms with Crippen LogP contribution < -0.4 is 10.9 Å². The van der Waals surface area contributed by atoms with E-state index in [0.29, 0.717) is 22.5 Å². The van der Waals surface area contributed by atoms with E-state index in [1.807, 2.05) is 31.2 Å². The van der Waals surface area contributed by atoms with Gasteiger partial charge in [-0.1, -0.05) is 17.7 Å². The molecule has 146 valence electrons. The van der Waals surface area contributed by atoms with Gasteiger partial charge in [-0.15, -0.1) is 0 Å². The number of pyridine rings is 1. The van der Waals surface area contributed by atoms with Crippen LogP contribution in [0.3, 0.4) is 0 Å². The van der Waals surface area contributed by atoms with Crippen LogP contribution in [-0.4, -0.2) is 30.2 Å². The van der Waals surface area contributed by atoms with Gasteiger partial charge in [0.15, 0.2) is 5.65 Å². The summed E-state index contributed by atoms with van der Waals surface area (Å²) in [7, 11) is 0. The van der Waals surface area contributed by atoms with Crippen LogP contribution in [-0.2, 0) is 11.3 Å². The van der Waals surface area contributed by atoms with Gasteiger partial charge in [-0.25, -0.2) is 9.67 Å². The van der Waals surface area contributed by atoms with E-state index in [-0.39, 0.29) is 24.4 Å². The summed E-state index contributed by atoms with van der Waals surface area (Å²) in [5.74, 6) is 0.338. The van der Waals surface area contributed by atoms with Gasteiger partial charge in [-0.3, -0.25) is 19.1 Å². The van der Waals surface area contributed by atoms with Crippen molar-refractivity contribution in [3.05, 3.63) is 76.7 Å². The van der Waals surface area contributed by atoms with Crippen LogP contribution in [0.2, 0.25) is 0 Å². The Balaban J connectivity index is 1.59. The number of aromatic nitrogens is 5. The molecule has 0 saturated carbocycles. The Bertz CT molecular complexity index is 1230. The summed E-state index contributed by atoms with van der Waals surface area (Å²) in [6.45, 7) is 4.00. The van der Waals surface area contributed by atoms with Gasteiger partial charge in [-0.05, 0) is 38.1 Å². The molecule has 0 radical (unpaired) electrons. The molecule has 0 aliphatic rings. The number of nitrogens with zero attached hydrogens (tertiary/aromatic N) is 5. The largest absolute Gasteiger partial charge is 0.325 e. The first-order valence-corrected chi connectivity index (χ1v) is 9.25. The van der Waals surface area contributed by atoms with Crippen LogP contribution >= 0.6 is 0 Å². The highest BCUT2D eigenvalue weighted by atomic mass is 16.2. The van der Waals surface area contributed by atoms with Crippen molar-refractivity contribution in [2.75, 3.05) is 5.32 Å². The van der Waals surface area contributed by atoms with Gasteiger partial charge in [0.2, 0.25) is 5.91 Å². The van der Waals surface area contributed by atoms with E-state index in [1.165, 1.54) is 10.8 Å². The molecule has 8 nitrogen and oxygen atoms in total. The van der Waals surface area contributed by atoms with Crippen LogP contribution in [0.25, 0.3) is 16.7 Å². The van der Waals surface area contributed by atoms with Gasteiger partial charge in [0.05, 0.1) is 23.8 Å². The molecule has 4 aromatic rings.